The van der Waals surface area contributed by atoms with E-state index in [1.165, 1.54) is 26.2 Å². The number of hydrogen-bond acceptors (Lipinski definition) is 5. The second kappa shape index (κ2) is 5.83. The lowest BCUT2D eigenvalue weighted by molar-refractivity contribution is -0.133. The summed E-state index contributed by atoms with van der Waals surface area (Å²) in [4.78, 5) is 46.2. The van der Waals surface area contributed by atoms with Crippen LogP contribution >= 0.6 is 0 Å². The number of allylic oxidation sites excluding steroid dienone is 1. The topological polar surface area (TPSA) is 77.5 Å². The molecule has 0 spiro atoms. The van der Waals surface area contributed by atoms with Crippen molar-refractivity contribution in [3.05, 3.63) is 40.5 Å². The highest BCUT2D eigenvalue weighted by Crippen LogP contribution is 2.38. The third-order valence-electron chi connectivity index (χ3n) is 3.57. The largest absolute Gasteiger partial charge is 0.465 e. The van der Waals surface area contributed by atoms with Crippen molar-refractivity contribution in [2.75, 3.05) is 7.11 Å². The molecule has 0 heterocycles. The zero-order valence-electron chi connectivity index (χ0n) is 11.7. The van der Waals surface area contributed by atoms with Crippen LogP contribution in [-0.4, -0.2) is 31.4 Å². The molecule has 0 bridgehead atoms. The minimum absolute atomic E-state index is 0.218. The summed E-state index contributed by atoms with van der Waals surface area (Å²) in [6.45, 7) is 1.38. The molecular weight excluding hydrogens is 272 g/mol. The Morgan fingerprint density at radius 2 is 2.00 bits per heavy atom. The minimum atomic E-state index is -0.593. The summed E-state index contributed by atoms with van der Waals surface area (Å²) in [5, 5.41) is 0. The van der Waals surface area contributed by atoms with Gasteiger partial charge in [0.05, 0.1) is 12.7 Å². The zero-order valence-corrected chi connectivity index (χ0v) is 11.7. The predicted octanol–water partition coefficient (Wildman–Crippen LogP) is 1.94. The second-order valence-electron chi connectivity index (χ2n) is 4.75. The van der Waals surface area contributed by atoms with Gasteiger partial charge in [-0.25, -0.2) is 4.79 Å². The molecule has 0 amide bonds. The average molecular weight is 286 g/mol. The van der Waals surface area contributed by atoms with E-state index in [9.17, 15) is 19.2 Å². The Kier molecular flexibility index (Phi) is 4.12. The van der Waals surface area contributed by atoms with Crippen molar-refractivity contribution in [1.82, 2.24) is 0 Å². The first kappa shape index (κ1) is 14.8. The van der Waals surface area contributed by atoms with Gasteiger partial charge in [-0.1, -0.05) is 18.2 Å². The lowest BCUT2D eigenvalue weighted by Crippen LogP contribution is -2.19. The summed E-state index contributed by atoms with van der Waals surface area (Å²) in [7, 11) is 1.24. The third-order valence-corrected chi connectivity index (χ3v) is 3.57. The second-order valence-corrected chi connectivity index (χ2v) is 4.75. The van der Waals surface area contributed by atoms with E-state index in [2.05, 4.69) is 0 Å². The molecule has 1 aliphatic carbocycles. The third kappa shape index (κ3) is 2.42. The highest BCUT2D eigenvalue weighted by Gasteiger charge is 2.31. The molecule has 108 valence electrons. The van der Waals surface area contributed by atoms with Crippen molar-refractivity contribution in [2.45, 2.75) is 19.3 Å². The molecular formula is C16H14O5. The van der Waals surface area contributed by atoms with Crippen LogP contribution in [-0.2, 0) is 14.3 Å². The number of ether oxygens (including phenoxy) is 1. The molecule has 0 saturated heterocycles. The molecule has 1 unspecified atom stereocenters. The van der Waals surface area contributed by atoms with Crippen LogP contribution in [0.2, 0.25) is 0 Å². The SMILES string of the molecule is COC(=O)C1=CCC(C=O)c2c(C(C)=O)ccc(C=O)c21. The fraction of sp³-hybridized carbons (Fsp3) is 0.250. The van der Waals surface area contributed by atoms with Crippen LogP contribution in [0.1, 0.15) is 51.1 Å². The Balaban J connectivity index is 2.83. The van der Waals surface area contributed by atoms with Crippen molar-refractivity contribution >= 4 is 29.9 Å². The first-order valence-electron chi connectivity index (χ1n) is 6.42. The normalized spacial score (nSPS) is 16.5. The van der Waals surface area contributed by atoms with E-state index in [0.717, 1.165) is 6.29 Å². The van der Waals surface area contributed by atoms with Crippen molar-refractivity contribution in [2.24, 2.45) is 0 Å². The number of Topliss-reactive ketones (excluding diaryl/α,β-unsaturated/α-hetero) is 1. The number of esters is 1. The summed E-state index contributed by atoms with van der Waals surface area (Å²) in [6, 6.07) is 2.99. The fourth-order valence-electron chi connectivity index (χ4n) is 2.61. The summed E-state index contributed by atoms with van der Waals surface area (Å²) in [5.41, 5.74) is 1.59. The van der Waals surface area contributed by atoms with Gasteiger partial charge in [0.2, 0.25) is 0 Å². The van der Waals surface area contributed by atoms with E-state index in [4.69, 9.17) is 4.74 Å². The van der Waals surface area contributed by atoms with Gasteiger partial charge in [0.15, 0.2) is 12.1 Å². The van der Waals surface area contributed by atoms with Crippen LogP contribution in [0.5, 0.6) is 0 Å². The molecule has 0 N–H and O–H groups in total. The Hall–Kier alpha value is -2.56. The van der Waals surface area contributed by atoms with Gasteiger partial charge in [0.25, 0.3) is 0 Å². The van der Waals surface area contributed by atoms with E-state index in [-0.39, 0.29) is 16.9 Å². The van der Waals surface area contributed by atoms with Crippen molar-refractivity contribution in [3.63, 3.8) is 0 Å². The molecule has 0 radical (unpaired) electrons. The fourth-order valence-corrected chi connectivity index (χ4v) is 2.61. The van der Waals surface area contributed by atoms with Crippen LogP contribution in [0.15, 0.2) is 18.2 Å². The number of hydrogen-bond donors (Lipinski definition) is 0. The van der Waals surface area contributed by atoms with E-state index < -0.39 is 11.9 Å². The van der Waals surface area contributed by atoms with Gasteiger partial charge < -0.3 is 9.53 Å². The molecule has 1 aromatic rings. The molecule has 0 saturated carbocycles. The van der Waals surface area contributed by atoms with Crippen molar-refractivity contribution in [1.29, 1.82) is 0 Å². The van der Waals surface area contributed by atoms with Crippen LogP contribution in [0.3, 0.4) is 0 Å². The van der Waals surface area contributed by atoms with E-state index in [1.807, 2.05) is 0 Å². The number of rotatable bonds is 4. The summed E-state index contributed by atoms with van der Waals surface area (Å²) in [5.74, 6) is -1.36. The van der Waals surface area contributed by atoms with E-state index in [1.54, 1.807) is 6.08 Å². The Morgan fingerprint density at radius 3 is 2.52 bits per heavy atom. The predicted molar refractivity (Wildman–Crippen MR) is 75.2 cm³/mol. The van der Waals surface area contributed by atoms with Gasteiger partial charge in [0.1, 0.15) is 6.29 Å². The maximum absolute atomic E-state index is 11.9. The van der Waals surface area contributed by atoms with Crippen LogP contribution in [0.25, 0.3) is 5.57 Å². The summed E-state index contributed by atoms with van der Waals surface area (Å²) < 4.78 is 4.72. The maximum atomic E-state index is 11.9. The average Bonchev–Trinajstić information content (AvgIpc) is 2.51. The van der Waals surface area contributed by atoms with Crippen molar-refractivity contribution in [3.8, 4) is 0 Å². The Labute approximate surface area is 121 Å². The lowest BCUT2D eigenvalue weighted by atomic mass is 9.78. The molecule has 1 aromatic carbocycles. The monoisotopic (exact) mass is 286 g/mol. The molecule has 1 atom stereocenters. The molecule has 5 heteroatoms. The number of carbonyl (C=O) groups is 4. The first-order chi connectivity index (χ1) is 10.0. The van der Waals surface area contributed by atoms with Gasteiger partial charge in [-0.15, -0.1) is 0 Å². The minimum Gasteiger partial charge on any atom is -0.465 e. The molecule has 5 nitrogen and oxygen atoms in total. The van der Waals surface area contributed by atoms with Gasteiger partial charge in [-0.3, -0.25) is 9.59 Å². The van der Waals surface area contributed by atoms with Crippen LogP contribution in [0, 0.1) is 0 Å². The van der Waals surface area contributed by atoms with Crippen molar-refractivity contribution < 1.29 is 23.9 Å². The smallest absolute Gasteiger partial charge is 0.338 e. The molecule has 0 aliphatic heterocycles. The zero-order chi connectivity index (χ0) is 15.6. The van der Waals surface area contributed by atoms with Crippen LogP contribution < -0.4 is 0 Å². The highest BCUT2D eigenvalue weighted by molar-refractivity contribution is 6.20. The van der Waals surface area contributed by atoms with E-state index >= 15 is 0 Å². The van der Waals surface area contributed by atoms with Gasteiger partial charge >= 0.3 is 5.97 Å². The van der Waals surface area contributed by atoms with Gasteiger partial charge in [-0.05, 0) is 18.9 Å². The molecule has 21 heavy (non-hydrogen) atoms. The standard InChI is InChI=1S/C16H14O5/c1-9(19)12-5-3-11(8-18)15-13(16(20)21-2)6-4-10(7-17)14(12)15/h3,5-8,10H,4H2,1-2H3. The first-order valence-corrected chi connectivity index (χ1v) is 6.42. The van der Waals surface area contributed by atoms with Gasteiger partial charge in [-0.2, -0.15) is 0 Å². The number of aldehydes is 2. The summed E-state index contributed by atoms with van der Waals surface area (Å²) in [6.07, 6.45) is 3.20. The molecule has 0 aromatic heterocycles. The quantitative estimate of drug-likeness (QED) is 0.480. The number of fused-ring (bicyclic) bond motifs is 1. The molecule has 0 fully saturated rings. The number of benzene rings is 1. The van der Waals surface area contributed by atoms with E-state index in [0.29, 0.717) is 29.4 Å². The number of carbonyl (C=O) groups excluding carboxylic acids is 4. The Morgan fingerprint density at radius 1 is 1.29 bits per heavy atom. The Bertz CT molecular complexity index is 669. The molecule has 1 aliphatic rings. The van der Waals surface area contributed by atoms with Crippen LogP contribution in [0.4, 0.5) is 0 Å². The lowest BCUT2D eigenvalue weighted by Gasteiger charge is -2.24. The molecule has 2 rings (SSSR count). The van der Waals surface area contributed by atoms with Gasteiger partial charge in [0, 0.05) is 22.6 Å². The maximum Gasteiger partial charge on any atom is 0.338 e. The number of methoxy groups -OCH3 is 1. The summed E-state index contributed by atoms with van der Waals surface area (Å²) >= 11 is 0. The number of ketones is 1. The highest BCUT2D eigenvalue weighted by atomic mass is 16.5.